The van der Waals surface area contributed by atoms with Gasteiger partial charge in [-0.05, 0) is 0 Å². The van der Waals surface area contributed by atoms with Gasteiger partial charge in [0.2, 0.25) is 11.9 Å². The maximum atomic E-state index is 5.42. The van der Waals surface area contributed by atoms with Crippen molar-refractivity contribution in [3.8, 4) is 11.5 Å². The molecule has 0 unspecified atom stereocenters. The molecule has 9 heteroatoms. The summed E-state index contributed by atoms with van der Waals surface area (Å²) in [4.78, 5) is 22.6. The van der Waals surface area contributed by atoms with Crippen LogP contribution < -0.4 is 9.80 Å². The van der Waals surface area contributed by atoms with Crippen LogP contribution in [0.15, 0.2) is 10.9 Å². The number of hydrogen-bond acceptors (Lipinski definition) is 9. The molecule has 2 saturated heterocycles. The van der Waals surface area contributed by atoms with E-state index >= 15 is 0 Å². The lowest BCUT2D eigenvalue weighted by atomic mass is 10.4. The number of anilines is 2. The molecule has 2 aromatic rings. The molecule has 122 valence electrons. The van der Waals surface area contributed by atoms with Gasteiger partial charge in [-0.2, -0.15) is 15.0 Å². The average Bonchev–Trinajstić information content (AvgIpc) is 3.18. The van der Waals surface area contributed by atoms with Crippen molar-refractivity contribution < 1.29 is 9.47 Å². The van der Waals surface area contributed by atoms with Crippen molar-refractivity contribution in [2.45, 2.75) is 0 Å². The highest BCUT2D eigenvalue weighted by molar-refractivity contribution is 7.07. The molecule has 2 aromatic heterocycles. The van der Waals surface area contributed by atoms with Crippen LogP contribution in [0.25, 0.3) is 11.5 Å². The Balaban J connectivity index is 1.70. The van der Waals surface area contributed by atoms with Gasteiger partial charge in [-0.1, -0.05) is 0 Å². The minimum Gasteiger partial charge on any atom is -0.378 e. The second kappa shape index (κ2) is 6.73. The molecule has 0 amide bonds. The van der Waals surface area contributed by atoms with E-state index < -0.39 is 0 Å². The largest absolute Gasteiger partial charge is 0.378 e. The second-order valence-corrected chi connectivity index (χ2v) is 6.05. The van der Waals surface area contributed by atoms with Gasteiger partial charge in [-0.3, -0.25) is 0 Å². The SMILES string of the molecule is c1nc(-c2nc(N3CCOCC3)nc(N3CCOCC3)n2)cs1. The van der Waals surface area contributed by atoms with Gasteiger partial charge in [0.05, 0.1) is 31.9 Å². The van der Waals surface area contributed by atoms with Gasteiger partial charge < -0.3 is 19.3 Å². The highest BCUT2D eigenvalue weighted by Gasteiger charge is 2.21. The number of hydrogen-bond donors (Lipinski definition) is 0. The first kappa shape index (κ1) is 14.7. The molecule has 0 bridgehead atoms. The summed E-state index contributed by atoms with van der Waals surface area (Å²) in [7, 11) is 0. The molecule has 4 heterocycles. The second-order valence-electron chi connectivity index (χ2n) is 5.33. The molecule has 2 aliphatic rings. The highest BCUT2D eigenvalue weighted by Crippen LogP contribution is 2.22. The Morgan fingerprint density at radius 3 is 1.87 bits per heavy atom. The van der Waals surface area contributed by atoms with E-state index in [-0.39, 0.29) is 0 Å². The predicted molar refractivity (Wildman–Crippen MR) is 87.0 cm³/mol. The molecule has 23 heavy (non-hydrogen) atoms. The summed E-state index contributed by atoms with van der Waals surface area (Å²) < 4.78 is 10.8. The van der Waals surface area contributed by atoms with Gasteiger partial charge in [-0.25, -0.2) is 4.98 Å². The molecular formula is C14H18N6O2S. The smallest absolute Gasteiger partial charge is 0.230 e. The Morgan fingerprint density at radius 1 is 0.826 bits per heavy atom. The zero-order valence-corrected chi connectivity index (χ0v) is 13.5. The van der Waals surface area contributed by atoms with E-state index in [4.69, 9.17) is 9.47 Å². The van der Waals surface area contributed by atoms with E-state index in [2.05, 4.69) is 29.7 Å². The Kier molecular flexibility index (Phi) is 4.31. The van der Waals surface area contributed by atoms with Crippen molar-refractivity contribution in [1.29, 1.82) is 0 Å². The normalized spacial score (nSPS) is 19.1. The van der Waals surface area contributed by atoms with Crippen molar-refractivity contribution in [3.63, 3.8) is 0 Å². The number of ether oxygens (including phenoxy) is 2. The summed E-state index contributed by atoms with van der Waals surface area (Å²) >= 11 is 1.54. The quantitative estimate of drug-likeness (QED) is 0.811. The number of aromatic nitrogens is 4. The molecule has 2 fully saturated rings. The number of rotatable bonds is 3. The van der Waals surface area contributed by atoms with Crippen LogP contribution in [-0.2, 0) is 9.47 Å². The van der Waals surface area contributed by atoms with Crippen LogP contribution in [0.2, 0.25) is 0 Å². The van der Waals surface area contributed by atoms with Crippen molar-refractivity contribution >= 4 is 23.2 Å². The molecule has 2 aliphatic heterocycles. The molecule has 0 spiro atoms. The number of morpholine rings is 2. The third-order valence-electron chi connectivity index (χ3n) is 3.86. The summed E-state index contributed by atoms with van der Waals surface area (Å²) in [6, 6.07) is 0. The average molecular weight is 334 g/mol. The molecule has 4 rings (SSSR count). The van der Waals surface area contributed by atoms with Gasteiger partial charge >= 0.3 is 0 Å². The Labute approximate surface area is 138 Å². The Hall–Kier alpha value is -1.84. The zero-order valence-electron chi connectivity index (χ0n) is 12.7. The molecule has 0 aliphatic carbocycles. The van der Waals surface area contributed by atoms with E-state index in [1.54, 1.807) is 5.51 Å². The van der Waals surface area contributed by atoms with Crippen LogP contribution in [0, 0.1) is 0 Å². The highest BCUT2D eigenvalue weighted by atomic mass is 32.1. The Morgan fingerprint density at radius 2 is 1.39 bits per heavy atom. The lowest BCUT2D eigenvalue weighted by Crippen LogP contribution is -2.40. The summed E-state index contributed by atoms with van der Waals surface area (Å²) in [5, 5.41) is 1.96. The van der Waals surface area contributed by atoms with Crippen molar-refractivity contribution in [2.24, 2.45) is 0 Å². The fourth-order valence-electron chi connectivity index (χ4n) is 2.60. The molecular weight excluding hydrogens is 316 g/mol. The minimum absolute atomic E-state index is 0.629. The van der Waals surface area contributed by atoms with Crippen molar-refractivity contribution in [3.05, 3.63) is 10.9 Å². The van der Waals surface area contributed by atoms with Crippen LogP contribution in [0.1, 0.15) is 0 Å². The van der Waals surface area contributed by atoms with Gasteiger partial charge in [0.25, 0.3) is 0 Å². The molecule has 0 N–H and O–H groups in total. The molecule has 8 nitrogen and oxygen atoms in total. The predicted octanol–water partition coefficient (Wildman–Crippen LogP) is 0.668. The van der Waals surface area contributed by atoms with Crippen molar-refractivity contribution in [1.82, 2.24) is 19.9 Å². The van der Waals surface area contributed by atoms with E-state index in [0.717, 1.165) is 31.9 Å². The maximum Gasteiger partial charge on any atom is 0.230 e. The van der Waals surface area contributed by atoms with Crippen LogP contribution >= 0.6 is 11.3 Å². The van der Waals surface area contributed by atoms with Gasteiger partial charge in [0.15, 0.2) is 5.82 Å². The van der Waals surface area contributed by atoms with Gasteiger partial charge in [0, 0.05) is 31.6 Å². The fraction of sp³-hybridized carbons (Fsp3) is 0.571. The van der Waals surface area contributed by atoms with E-state index in [9.17, 15) is 0 Å². The van der Waals surface area contributed by atoms with Gasteiger partial charge in [-0.15, -0.1) is 11.3 Å². The topological polar surface area (TPSA) is 76.5 Å². The van der Waals surface area contributed by atoms with E-state index in [1.807, 2.05) is 5.38 Å². The zero-order chi connectivity index (χ0) is 15.5. The van der Waals surface area contributed by atoms with Crippen molar-refractivity contribution in [2.75, 3.05) is 62.4 Å². The molecule has 0 radical (unpaired) electrons. The lowest BCUT2D eigenvalue weighted by Gasteiger charge is -2.30. The first-order valence-electron chi connectivity index (χ1n) is 7.70. The standard InChI is InChI=1S/C14H18N6O2S/c1-5-21-6-2-19(1)13-16-12(11-9-23-10-15-11)17-14(18-13)20-3-7-22-8-4-20/h9-10H,1-8H2. The molecule has 0 saturated carbocycles. The maximum absolute atomic E-state index is 5.42. The first-order chi connectivity index (χ1) is 11.4. The lowest BCUT2D eigenvalue weighted by molar-refractivity contribution is 0.121. The third kappa shape index (κ3) is 3.26. The fourth-order valence-corrected chi connectivity index (χ4v) is 3.13. The summed E-state index contributed by atoms with van der Waals surface area (Å²) in [5.74, 6) is 2.03. The van der Waals surface area contributed by atoms with Crippen LogP contribution in [-0.4, -0.2) is 72.5 Å². The molecule has 0 atom stereocenters. The number of thiazole rings is 1. The summed E-state index contributed by atoms with van der Waals surface area (Å²) in [6.07, 6.45) is 0. The first-order valence-corrected chi connectivity index (χ1v) is 8.64. The molecule has 0 aromatic carbocycles. The van der Waals surface area contributed by atoms with Gasteiger partial charge in [0.1, 0.15) is 5.69 Å². The van der Waals surface area contributed by atoms with Crippen LogP contribution in [0.4, 0.5) is 11.9 Å². The van der Waals surface area contributed by atoms with E-state index in [0.29, 0.717) is 44.1 Å². The van der Waals surface area contributed by atoms with E-state index in [1.165, 1.54) is 11.3 Å². The number of nitrogens with zero attached hydrogens (tertiary/aromatic N) is 6. The Bertz CT molecular complexity index is 604. The monoisotopic (exact) mass is 334 g/mol. The summed E-state index contributed by atoms with van der Waals surface area (Å²) in [5.41, 5.74) is 2.59. The summed E-state index contributed by atoms with van der Waals surface area (Å²) in [6.45, 7) is 5.97. The van der Waals surface area contributed by atoms with Crippen LogP contribution in [0.5, 0.6) is 0 Å². The minimum atomic E-state index is 0.629. The van der Waals surface area contributed by atoms with Crippen LogP contribution in [0.3, 0.4) is 0 Å². The third-order valence-corrected chi connectivity index (χ3v) is 4.45.